The first kappa shape index (κ1) is 20.7. The predicted octanol–water partition coefficient (Wildman–Crippen LogP) is 5.04. The molecule has 0 radical (unpaired) electrons. The second kappa shape index (κ2) is 9.04. The van der Waals surface area contributed by atoms with Crippen LogP contribution >= 0.6 is 11.8 Å². The van der Waals surface area contributed by atoms with Crippen molar-refractivity contribution in [1.29, 1.82) is 0 Å². The number of likely N-dealkylation sites (tertiary alicyclic amines) is 1. The van der Waals surface area contributed by atoms with Crippen molar-refractivity contribution in [2.45, 2.75) is 51.2 Å². The Bertz CT molecular complexity index is 1030. The summed E-state index contributed by atoms with van der Waals surface area (Å²) < 4.78 is 2.07. The molecule has 2 aromatic carbocycles. The minimum Gasteiger partial charge on any atom is -0.339 e. The first-order chi connectivity index (χ1) is 14.5. The van der Waals surface area contributed by atoms with E-state index in [2.05, 4.69) is 53.7 Å². The molecule has 5 nitrogen and oxygen atoms in total. The lowest BCUT2D eigenvalue weighted by atomic mass is 10.0. The number of thioether (sulfide) groups is 1. The molecule has 30 heavy (non-hydrogen) atoms. The average molecular weight is 421 g/mol. The molecule has 0 spiro atoms. The number of hydrogen-bond acceptors (Lipinski definition) is 4. The molecule has 1 amide bonds. The highest BCUT2D eigenvalue weighted by atomic mass is 32.2. The summed E-state index contributed by atoms with van der Waals surface area (Å²) in [5, 5.41) is 9.70. The lowest BCUT2D eigenvalue weighted by Gasteiger charge is -2.33. The van der Waals surface area contributed by atoms with E-state index < -0.39 is 0 Å². The zero-order chi connectivity index (χ0) is 21.1. The third kappa shape index (κ3) is 4.29. The van der Waals surface area contributed by atoms with E-state index in [-0.39, 0.29) is 5.91 Å². The maximum atomic E-state index is 12.9. The van der Waals surface area contributed by atoms with Gasteiger partial charge in [-0.2, -0.15) is 0 Å². The van der Waals surface area contributed by atoms with Crippen LogP contribution in [0.3, 0.4) is 0 Å². The molecule has 1 aliphatic rings. The molecule has 1 aliphatic heterocycles. The van der Waals surface area contributed by atoms with Crippen molar-refractivity contribution in [2.24, 2.45) is 0 Å². The Morgan fingerprint density at radius 2 is 1.87 bits per heavy atom. The minimum absolute atomic E-state index is 0.183. The number of amides is 1. The van der Waals surface area contributed by atoms with Crippen LogP contribution in [0.25, 0.3) is 17.1 Å². The minimum atomic E-state index is 0.183. The van der Waals surface area contributed by atoms with Gasteiger partial charge in [-0.05, 0) is 63.3 Å². The van der Waals surface area contributed by atoms with Crippen molar-refractivity contribution in [2.75, 3.05) is 12.3 Å². The first-order valence-corrected chi connectivity index (χ1v) is 11.5. The fraction of sp³-hybridized carbons (Fsp3) is 0.375. The van der Waals surface area contributed by atoms with E-state index >= 15 is 0 Å². The Morgan fingerprint density at radius 1 is 1.07 bits per heavy atom. The molecule has 156 valence electrons. The van der Waals surface area contributed by atoms with Gasteiger partial charge in [0.2, 0.25) is 5.91 Å². The SMILES string of the molecule is Cc1ccc(-n2c(SCC(=O)N3CCCCC3C)nnc2-c2ccccc2)cc1C. The lowest BCUT2D eigenvalue weighted by molar-refractivity contribution is -0.131. The number of nitrogens with zero attached hydrogens (tertiary/aromatic N) is 4. The molecule has 1 fully saturated rings. The average Bonchev–Trinajstić information content (AvgIpc) is 3.19. The van der Waals surface area contributed by atoms with Gasteiger partial charge in [-0.3, -0.25) is 9.36 Å². The van der Waals surface area contributed by atoms with Crippen LogP contribution in [0.1, 0.15) is 37.3 Å². The summed E-state index contributed by atoms with van der Waals surface area (Å²) in [7, 11) is 0. The summed E-state index contributed by atoms with van der Waals surface area (Å²) in [6, 6.07) is 16.8. The molecule has 4 rings (SSSR count). The maximum absolute atomic E-state index is 12.9. The highest BCUT2D eigenvalue weighted by Gasteiger charge is 2.24. The van der Waals surface area contributed by atoms with Gasteiger partial charge in [-0.25, -0.2) is 0 Å². The molecule has 1 saturated heterocycles. The van der Waals surface area contributed by atoms with Crippen LogP contribution in [0.15, 0.2) is 53.7 Å². The Balaban J connectivity index is 1.65. The van der Waals surface area contributed by atoms with Gasteiger partial charge in [0, 0.05) is 18.2 Å². The number of benzene rings is 2. The van der Waals surface area contributed by atoms with Crippen LogP contribution in [0.2, 0.25) is 0 Å². The first-order valence-electron chi connectivity index (χ1n) is 10.6. The zero-order valence-electron chi connectivity index (χ0n) is 17.8. The molecule has 6 heteroatoms. The molecule has 0 N–H and O–H groups in total. The van der Waals surface area contributed by atoms with Crippen molar-refractivity contribution in [3.63, 3.8) is 0 Å². The van der Waals surface area contributed by atoms with Crippen LogP contribution in [-0.2, 0) is 4.79 Å². The Labute approximate surface area is 182 Å². The topological polar surface area (TPSA) is 51.0 Å². The fourth-order valence-electron chi connectivity index (χ4n) is 3.91. The summed E-state index contributed by atoms with van der Waals surface area (Å²) in [4.78, 5) is 14.9. The molecular weight excluding hydrogens is 392 g/mol. The Hall–Kier alpha value is -2.60. The molecule has 0 aliphatic carbocycles. The van der Waals surface area contributed by atoms with Gasteiger partial charge < -0.3 is 4.90 Å². The summed E-state index contributed by atoms with van der Waals surface area (Å²) >= 11 is 1.47. The lowest BCUT2D eigenvalue weighted by Crippen LogP contribution is -2.42. The standard InChI is InChI=1S/C24H28N4OS/c1-17-12-13-21(15-18(17)2)28-23(20-10-5-4-6-11-20)25-26-24(28)30-16-22(29)27-14-8-7-9-19(27)3/h4-6,10-13,15,19H,7-9,14,16H2,1-3H3. The smallest absolute Gasteiger partial charge is 0.233 e. The monoisotopic (exact) mass is 420 g/mol. The van der Waals surface area contributed by atoms with E-state index in [1.165, 1.54) is 29.3 Å². The van der Waals surface area contributed by atoms with E-state index in [9.17, 15) is 4.79 Å². The van der Waals surface area contributed by atoms with Gasteiger partial charge in [-0.15, -0.1) is 10.2 Å². The number of piperidine rings is 1. The van der Waals surface area contributed by atoms with E-state index in [0.29, 0.717) is 11.8 Å². The number of carbonyl (C=O) groups is 1. The largest absolute Gasteiger partial charge is 0.339 e. The molecule has 2 heterocycles. The van der Waals surface area contributed by atoms with E-state index in [1.807, 2.05) is 35.2 Å². The van der Waals surface area contributed by atoms with Crippen molar-refractivity contribution in [3.8, 4) is 17.1 Å². The highest BCUT2D eigenvalue weighted by molar-refractivity contribution is 7.99. The van der Waals surface area contributed by atoms with E-state index in [0.717, 1.165) is 41.6 Å². The van der Waals surface area contributed by atoms with Crippen LogP contribution < -0.4 is 0 Å². The van der Waals surface area contributed by atoms with Gasteiger partial charge in [0.1, 0.15) is 0 Å². The van der Waals surface area contributed by atoms with E-state index in [1.54, 1.807) is 0 Å². The van der Waals surface area contributed by atoms with Gasteiger partial charge in [0.25, 0.3) is 0 Å². The molecule has 1 atom stereocenters. The highest BCUT2D eigenvalue weighted by Crippen LogP contribution is 2.29. The Kier molecular flexibility index (Phi) is 6.23. The predicted molar refractivity (Wildman–Crippen MR) is 122 cm³/mol. The quantitative estimate of drug-likeness (QED) is 0.542. The van der Waals surface area contributed by atoms with Gasteiger partial charge in [-0.1, -0.05) is 48.2 Å². The van der Waals surface area contributed by atoms with Crippen molar-refractivity contribution >= 4 is 17.7 Å². The second-order valence-corrected chi connectivity index (χ2v) is 8.94. The van der Waals surface area contributed by atoms with Crippen molar-refractivity contribution in [1.82, 2.24) is 19.7 Å². The van der Waals surface area contributed by atoms with Crippen LogP contribution in [0.4, 0.5) is 0 Å². The molecule has 0 saturated carbocycles. The summed E-state index contributed by atoms with van der Waals surface area (Å²) in [6.07, 6.45) is 3.39. The van der Waals surface area contributed by atoms with Crippen LogP contribution in [0.5, 0.6) is 0 Å². The maximum Gasteiger partial charge on any atom is 0.233 e. The van der Waals surface area contributed by atoms with Crippen molar-refractivity contribution in [3.05, 3.63) is 59.7 Å². The third-order valence-electron chi connectivity index (χ3n) is 5.86. The number of aromatic nitrogens is 3. The number of aryl methyl sites for hydroxylation is 2. The van der Waals surface area contributed by atoms with Crippen molar-refractivity contribution < 1.29 is 4.79 Å². The zero-order valence-corrected chi connectivity index (χ0v) is 18.7. The van der Waals surface area contributed by atoms with Gasteiger partial charge in [0.15, 0.2) is 11.0 Å². The molecule has 1 aromatic heterocycles. The Morgan fingerprint density at radius 3 is 2.60 bits per heavy atom. The molecule has 0 bridgehead atoms. The number of rotatable bonds is 5. The van der Waals surface area contributed by atoms with E-state index in [4.69, 9.17) is 0 Å². The van der Waals surface area contributed by atoms with Gasteiger partial charge in [0.05, 0.1) is 11.4 Å². The normalized spacial score (nSPS) is 16.6. The third-order valence-corrected chi connectivity index (χ3v) is 6.78. The summed E-state index contributed by atoms with van der Waals surface area (Å²) in [6.45, 7) is 7.23. The summed E-state index contributed by atoms with van der Waals surface area (Å²) in [5.41, 5.74) is 4.49. The number of hydrogen-bond donors (Lipinski definition) is 0. The van der Waals surface area contributed by atoms with Crippen LogP contribution in [0, 0.1) is 13.8 Å². The van der Waals surface area contributed by atoms with Gasteiger partial charge >= 0.3 is 0 Å². The van der Waals surface area contributed by atoms with Crippen LogP contribution in [-0.4, -0.2) is 43.9 Å². The second-order valence-electron chi connectivity index (χ2n) is 8.00. The molecule has 3 aromatic rings. The molecule has 1 unspecified atom stereocenters. The molecular formula is C24H28N4OS. The summed E-state index contributed by atoms with van der Waals surface area (Å²) in [5.74, 6) is 1.35. The number of carbonyl (C=O) groups excluding carboxylic acids is 1. The fourth-order valence-corrected chi connectivity index (χ4v) is 4.75.